The summed E-state index contributed by atoms with van der Waals surface area (Å²) in [6.45, 7) is 2.59. The summed E-state index contributed by atoms with van der Waals surface area (Å²) >= 11 is 0. The minimum absolute atomic E-state index is 0.131. The number of benzene rings is 2. The summed E-state index contributed by atoms with van der Waals surface area (Å²) in [4.78, 5) is 22.5. The Morgan fingerprint density at radius 3 is 2.43 bits per heavy atom. The number of aromatic nitrogens is 2. The van der Waals surface area contributed by atoms with Crippen LogP contribution in [0, 0.1) is 6.92 Å². The molecule has 0 amide bonds. The fourth-order valence-electron chi connectivity index (χ4n) is 5.22. The maximum absolute atomic E-state index is 13.8. The Labute approximate surface area is 202 Å². The average molecular weight is 483 g/mol. The number of anilines is 2. The van der Waals surface area contributed by atoms with Crippen molar-refractivity contribution in [1.82, 2.24) is 14.5 Å². The van der Waals surface area contributed by atoms with E-state index in [2.05, 4.69) is 4.90 Å². The maximum atomic E-state index is 13.8. The highest BCUT2D eigenvalue weighted by Crippen LogP contribution is 2.36. The van der Waals surface area contributed by atoms with Gasteiger partial charge in [0.2, 0.25) is 5.95 Å². The molecule has 8 heteroatoms. The molecule has 1 aromatic heterocycles. The molecule has 1 fully saturated rings. The van der Waals surface area contributed by atoms with Crippen LogP contribution in [0.3, 0.4) is 0 Å². The number of hydrogen-bond donors (Lipinski definition) is 0. The van der Waals surface area contributed by atoms with Gasteiger partial charge in [-0.15, -0.1) is 0 Å². The summed E-state index contributed by atoms with van der Waals surface area (Å²) in [7, 11) is 0. The number of alkyl halides is 3. The zero-order chi connectivity index (χ0) is 24.6. The second-order valence-corrected chi connectivity index (χ2v) is 9.51. The molecular formula is C27H29F3N4O. The normalized spacial score (nSPS) is 17.4. The quantitative estimate of drug-likeness (QED) is 0.467. The highest BCUT2D eigenvalue weighted by molar-refractivity contribution is 5.60. The van der Waals surface area contributed by atoms with E-state index < -0.39 is 11.7 Å². The van der Waals surface area contributed by atoms with Gasteiger partial charge in [-0.3, -0.25) is 19.2 Å². The van der Waals surface area contributed by atoms with E-state index in [-0.39, 0.29) is 11.6 Å². The van der Waals surface area contributed by atoms with Gasteiger partial charge in [0.1, 0.15) is 0 Å². The van der Waals surface area contributed by atoms with Crippen molar-refractivity contribution in [2.24, 2.45) is 0 Å². The fourth-order valence-corrected chi connectivity index (χ4v) is 5.22. The number of nitrogens with zero attached hydrogens (tertiary/aromatic N) is 4. The van der Waals surface area contributed by atoms with Gasteiger partial charge in [0.05, 0.1) is 24.6 Å². The summed E-state index contributed by atoms with van der Waals surface area (Å²) in [6, 6.07) is 15.3. The Morgan fingerprint density at radius 1 is 0.971 bits per heavy atom. The number of aryl methyl sites for hydroxylation is 1. The minimum atomic E-state index is -4.45. The first kappa shape index (κ1) is 23.6. The first-order chi connectivity index (χ1) is 16.8. The number of halogens is 3. The van der Waals surface area contributed by atoms with E-state index in [1.807, 2.05) is 30.3 Å². The summed E-state index contributed by atoms with van der Waals surface area (Å²) in [6.07, 6.45) is 1.51. The van der Waals surface area contributed by atoms with Crippen LogP contribution >= 0.6 is 0 Å². The van der Waals surface area contributed by atoms with Crippen LogP contribution < -0.4 is 10.5 Å². The molecule has 1 aliphatic carbocycles. The fraction of sp³-hybridized carbons (Fsp3) is 0.407. The highest BCUT2D eigenvalue weighted by atomic mass is 19.4. The zero-order valence-electron chi connectivity index (χ0n) is 19.8. The third-order valence-corrected chi connectivity index (χ3v) is 7.14. The molecule has 184 valence electrons. The summed E-state index contributed by atoms with van der Waals surface area (Å²) in [5, 5.41) is 0. The molecule has 0 N–H and O–H groups in total. The lowest BCUT2D eigenvalue weighted by Crippen LogP contribution is -2.52. The van der Waals surface area contributed by atoms with Gasteiger partial charge in [-0.2, -0.15) is 13.2 Å². The van der Waals surface area contributed by atoms with Gasteiger partial charge in [0.25, 0.3) is 5.56 Å². The van der Waals surface area contributed by atoms with Crippen molar-refractivity contribution in [2.75, 3.05) is 11.6 Å². The highest BCUT2D eigenvalue weighted by Gasteiger charge is 2.34. The van der Waals surface area contributed by atoms with Crippen LogP contribution in [0.5, 0.6) is 0 Å². The van der Waals surface area contributed by atoms with Gasteiger partial charge < -0.3 is 0 Å². The van der Waals surface area contributed by atoms with Gasteiger partial charge in [-0.05, 0) is 43.5 Å². The van der Waals surface area contributed by atoms with Gasteiger partial charge >= 0.3 is 6.18 Å². The molecule has 0 saturated heterocycles. The molecule has 5 rings (SSSR count). The SMILES string of the molecule is Cc1nc2n(c(=O)c1Cc1ccccc1)CN(C1CCCCC1)CN2c1cccc(C(F)(F)F)c1. The molecular weight excluding hydrogens is 453 g/mol. The Bertz CT molecular complexity index is 1250. The van der Waals surface area contributed by atoms with Crippen molar-refractivity contribution in [2.45, 2.75) is 64.3 Å². The van der Waals surface area contributed by atoms with Crippen LogP contribution in [0.1, 0.15) is 54.5 Å². The van der Waals surface area contributed by atoms with E-state index in [1.54, 1.807) is 22.5 Å². The summed E-state index contributed by atoms with van der Waals surface area (Å²) in [5.41, 5.74) is 1.79. The average Bonchev–Trinajstić information content (AvgIpc) is 2.87. The largest absolute Gasteiger partial charge is 0.416 e. The second-order valence-electron chi connectivity index (χ2n) is 9.51. The second kappa shape index (κ2) is 9.49. The lowest BCUT2D eigenvalue weighted by Gasteiger charge is -2.43. The smallest absolute Gasteiger partial charge is 0.298 e. The predicted molar refractivity (Wildman–Crippen MR) is 130 cm³/mol. The van der Waals surface area contributed by atoms with E-state index >= 15 is 0 Å². The predicted octanol–water partition coefficient (Wildman–Crippen LogP) is 5.86. The van der Waals surface area contributed by atoms with E-state index in [0.717, 1.165) is 43.4 Å². The van der Waals surface area contributed by atoms with Gasteiger partial charge in [0.15, 0.2) is 0 Å². The van der Waals surface area contributed by atoms with E-state index in [4.69, 9.17) is 4.98 Å². The maximum Gasteiger partial charge on any atom is 0.416 e. The first-order valence-electron chi connectivity index (χ1n) is 12.1. The molecule has 5 nitrogen and oxygen atoms in total. The van der Waals surface area contributed by atoms with Gasteiger partial charge in [0, 0.05) is 23.7 Å². The van der Waals surface area contributed by atoms with Crippen molar-refractivity contribution in [3.8, 4) is 0 Å². The molecule has 0 atom stereocenters. The molecule has 0 radical (unpaired) electrons. The monoisotopic (exact) mass is 482 g/mol. The number of fused-ring (bicyclic) bond motifs is 1. The van der Waals surface area contributed by atoms with Crippen LogP contribution in [0.25, 0.3) is 0 Å². The molecule has 2 aromatic carbocycles. The first-order valence-corrected chi connectivity index (χ1v) is 12.1. The van der Waals surface area contributed by atoms with Crippen molar-refractivity contribution < 1.29 is 13.2 Å². The van der Waals surface area contributed by atoms with E-state index in [0.29, 0.717) is 42.7 Å². The summed E-state index contributed by atoms with van der Waals surface area (Å²) in [5.74, 6) is 0.399. The van der Waals surface area contributed by atoms with Crippen LogP contribution in [0.15, 0.2) is 59.4 Å². The van der Waals surface area contributed by atoms with Crippen LogP contribution in [-0.2, 0) is 19.3 Å². The standard InChI is InChI=1S/C27H29F3N4O/c1-19-24(15-20-9-4-2-5-10-20)25(35)34-18-32(22-12-6-3-7-13-22)17-33(26(34)31-19)23-14-8-11-21(16-23)27(28,29)30/h2,4-5,8-11,14,16,22H,3,6-7,12-13,15,17-18H2,1H3. The Hall–Kier alpha value is -3.13. The van der Waals surface area contributed by atoms with Gasteiger partial charge in [-0.25, -0.2) is 4.98 Å². The molecule has 0 spiro atoms. The Kier molecular flexibility index (Phi) is 6.40. The van der Waals surface area contributed by atoms with Crippen LogP contribution in [-0.4, -0.2) is 27.2 Å². The molecule has 3 aromatic rings. The topological polar surface area (TPSA) is 41.4 Å². The molecule has 2 aliphatic rings. The lowest BCUT2D eigenvalue weighted by molar-refractivity contribution is -0.137. The van der Waals surface area contributed by atoms with E-state index in [9.17, 15) is 18.0 Å². The van der Waals surface area contributed by atoms with E-state index in [1.165, 1.54) is 12.5 Å². The van der Waals surface area contributed by atoms with Crippen molar-refractivity contribution in [1.29, 1.82) is 0 Å². The van der Waals surface area contributed by atoms with Crippen LogP contribution in [0.4, 0.5) is 24.8 Å². The molecule has 1 saturated carbocycles. The number of rotatable bonds is 4. The zero-order valence-corrected chi connectivity index (χ0v) is 19.8. The molecule has 1 aliphatic heterocycles. The van der Waals surface area contributed by atoms with Crippen molar-refractivity contribution in [3.63, 3.8) is 0 Å². The van der Waals surface area contributed by atoms with Crippen molar-refractivity contribution in [3.05, 3.63) is 87.3 Å². The Morgan fingerprint density at radius 2 is 1.71 bits per heavy atom. The third kappa shape index (κ3) is 4.85. The third-order valence-electron chi connectivity index (χ3n) is 7.14. The van der Waals surface area contributed by atoms with Crippen molar-refractivity contribution >= 4 is 11.6 Å². The van der Waals surface area contributed by atoms with Gasteiger partial charge in [-0.1, -0.05) is 55.7 Å². The van der Waals surface area contributed by atoms with Crippen LogP contribution in [0.2, 0.25) is 0 Å². The minimum Gasteiger partial charge on any atom is -0.298 e. The molecule has 35 heavy (non-hydrogen) atoms. The molecule has 2 heterocycles. The number of hydrogen-bond acceptors (Lipinski definition) is 4. The summed E-state index contributed by atoms with van der Waals surface area (Å²) < 4.78 is 42.1. The molecule has 0 unspecified atom stereocenters. The lowest BCUT2D eigenvalue weighted by atomic mass is 9.94. The molecule has 0 bridgehead atoms. The Balaban J connectivity index is 1.60.